The quantitative estimate of drug-likeness (QED) is 0.633. The zero-order valence-corrected chi connectivity index (χ0v) is 18.1. The van der Waals surface area contributed by atoms with Crippen LogP contribution in [0.25, 0.3) is 0 Å². The molecule has 0 spiro atoms. The van der Waals surface area contributed by atoms with E-state index in [1.165, 1.54) is 7.11 Å². The summed E-state index contributed by atoms with van der Waals surface area (Å²) in [6.45, 7) is 0.950. The van der Waals surface area contributed by atoms with Gasteiger partial charge in [0.25, 0.3) is 0 Å². The Morgan fingerprint density at radius 1 is 1.00 bits per heavy atom. The van der Waals surface area contributed by atoms with E-state index in [4.69, 9.17) is 18.9 Å². The molecule has 1 saturated carbocycles. The van der Waals surface area contributed by atoms with Gasteiger partial charge in [-0.05, 0) is 66.8 Å². The molecule has 1 atom stereocenters. The fourth-order valence-corrected chi connectivity index (χ4v) is 4.02. The molecule has 0 radical (unpaired) electrons. The van der Waals surface area contributed by atoms with Crippen molar-refractivity contribution in [3.63, 3.8) is 0 Å². The highest BCUT2D eigenvalue weighted by Crippen LogP contribution is 2.41. The molecule has 0 bridgehead atoms. The number of hydrogen-bond acceptors (Lipinski definition) is 6. The molecular formula is C24H27NO6. The summed E-state index contributed by atoms with van der Waals surface area (Å²) in [4.78, 5) is 26.6. The number of fused-ring (bicyclic) bond motifs is 1. The first-order chi connectivity index (χ1) is 15.0. The summed E-state index contributed by atoms with van der Waals surface area (Å²) in [5.74, 6) is 1.86. The molecule has 0 saturated heterocycles. The van der Waals surface area contributed by atoms with Gasteiger partial charge in [0.15, 0.2) is 11.5 Å². The van der Waals surface area contributed by atoms with Gasteiger partial charge in [0.1, 0.15) is 12.4 Å². The lowest BCUT2D eigenvalue weighted by Gasteiger charge is -2.37. The topological polar surface area (TPSA) is 74.3 Å². The second kappa shape index (κ2) is 8.88. The number of amides is 1. The third-order valence-electron chi connectivity index (χ3n) is 5.90. The van der Waals surface area contributed by atoms with Crippen LogP contribution in [0.4, 0.5) is 0 Å². The minimum absolute atomic E-state index is 0.128. The van der Waals surface area contributed by atoms with Crippen molar-refractivity contribution in [3.8, 4) is 17.2 Å². The van der Waals surface area contributed by atoms with Gasteiger partial charge >= 0.3 is 5.97 Å². The summed E-state index contributed by atoms with van der Waals surface area (Å²) in [5.41, 5.74) is 2.61. The van der Waals surface area contributed by atoms with E-state index in [9.17, 15) is 9.59 Å². The average molecular weight is 425 g/mol. The Bertz CT molecular complexity index is 967. The maximum Gasteiger partial charge on any atom is 0.337 e. The van der Waals surface area contributed by atoms with E-state index in [0.717, 1.165) is 30.4 Å². The summed E-state index contributed by atoms with van der Waals surface area (Å²) in [7, 11) is 4.57. The summed E-state index contributed by atoms with van der Waals surface area (Å²) < 4.78 is 21.8. The number of carbonyl (C=O) groups is 2. The third kappa shape index (κ3) is 4.31. The number of esters is 1. The fraction of sp³-hybridized carbons (Fsp3) is 0.417. The molecule has 2 aliphatic rings. The lowest BCUT2D eigenvalue weighted by molar-refractivity contribution is -0.136. The zero-order valence-electron chi connectivity index (χ0n) is 18.1. The van der Waals surface area contributed by atoms with Gasteiger partial charge in [-0.1, -0.05) is 0 Å². The lowest BCUT2D eigenvalue weighted by Crippen LogP contribution is -2.43. The maximum atomic E-state index is 13.0. The van der Waals surface area contributed by atoms with Crippen molar-refractivity contribution >= 4 is 11.9 Å². The van der Waals surface area contributed by atoms with Crippen molar-refractivity contribution in [2.75, 3.05) is 34.5 Å². The smallest absolute Gasteiger partial charge is 0.337 e. The van der Waals surface area contributed by atoms with E-state index in [2.05, 4.69) is 0 Å². The normalized spacial score (nSPS) is 17.5. The second-order valence-corrected chi connectivity index (χ2v) is 7.80. The number of nitrogens with zero attached hydrogens (tertiary/aromatic N) is 1. The van der Waals surface area contributed by atoms with Crippen LogP contribution in [0.15, 0.2) is 36.4 Å². The van der Waals surface area contributed by atoms with Crippen LogP contribution < -0.4 is 14.2 Å². The Kier molecular flexibility index (Phi) is 6.02. The average Bonchev–Trinajstić information content (AvgIpc) is 3.66. The standard InChI is InChI=1S/C24H27NO6/c1-28-21-12-17-10-11-25(23(26)15-4-5-15)20(19(17)13-22(21)29-2)14-31-18-8-6-16(7-9-18)24(27)30-3/h6-9,12-13,15,20H,4-5,10-11,14H2,1-3H3/t20-/m1/s1. The van der Waals surface area contributed by atoms with Crippen molar-refractivity contribution in [1.82, 2.24) is 4.90 Å². The molecule has 1 aliphatic carbocycles. The number of carbonyl (C=O) groups excluding carboxylic acids is 2. The molecule has 1 amide bonds. The molecule has 7 heteroatoms. The Labute approximate surface area is 181 Å². The summed E-state index contributed by atoms with van der Waals surface area (Å²) in [6, 6.07) is 10.5. The fourth-order valence-electron chi connectivity index (χ4n) is 4.02. The van der Waals surface area contributed by atoms with Gasteiger partial charge in [0.05, 0.1) is 32.9 Å². The Morgan fingerprint density at radius 2 is 1.68 bits per heavy atom. The predicted octanol–water partition coefficient (Wildman–Crippen LogP) is 3.41. The Balaban J connectivity index is 1.60. The van der Waals surface area contributed by atoms with Gasteiger partial charge in [-0.2, -0.15) is 0 Å². The monoisotopic (exact) mass is 425 g/mol. The van der Waals surface area contributed by atoms with Gasteiger partial charge in [0, 0.05) is 12.5 Å². The van der Waals surface area contributed by atoms with Crippen LogP contribution in [0.2, 0.25) is 0 Å². The van der Waals surface area contributed by atoms with Crippen molar-refractivity contribution in [3.05, 3.63) is 53.1 Å². The van der Waals surface area contributed by atoms with Gasteiger partial charge in [-0.15, -0.1) is 0 Å². The van der Waals surface area contributed by atoms with E-state index < -0.39 is 5.97 Å². The predicted molar refractivity (Wildman–Crippen MR) is 114 cm³/mol. The molecule has 7 nitrogen and oxygen atoms in total. The van der Waals surface area contributed by atoms with Gasteiger partial charge in [-0.25, -0.2) is 4.79 Å². The number of ether oxygens (including phenoxy) is 4. The first kappa shape index (κ1) is 21.0. The molecule has 2 aromatic carbocycles. The second-order valence-electron chi connectivity index (χ2n) is 7.80. The summed E-state index contributed by atoms with van der Waals surface area (Å²) in [6.07, 6.45) is 2.67. The van der Waals surface area contributed by atoms with Crippen LogP contribution in [0.5, 0.6) is 17.2 Å². The van der Waals surface area contributed by atoms with Crippen LogP contribution >= 0.6 is 0 Å². The highest BCUT2D eigenvalue weighted by molar-refractivity contribution is 5.89. The van der Waals surface area contributed by atoms with Crippen LogP contribution in [0.3, 0.4) is 0 Å². The van der Waals surface area contributed by atoms with E-state index in [0.29, 0.717) is 36.0 Å². The molecule has 2 aromatic rings. The van der Waals surface area contributed by atoms with Crippen molar-refractivity contribution in [1.29, 1.82) is 0 Å². The molecule has 1 heterocycles. The zero-order chi connectivity index (χ0) is 22.0. The minimum Gasteiger partial charge on any atom is -0.493 e. The molecular weight excluding hydrogens is 398 g/mol. The van der Waals surface area contributed by atoms with Crippen LogP contribution in [0.1, 0.15) is 40.4 Å². The molecule has 164 valence electrons. The van der Waals surface area contributed by atoms with E-state index in [-0.39, 0.29) is 17.9 Å². The SMILES string of the molecule is COC(=O)c1ccc(OC[C@@H]2c3cc(OC)c(OC)cc3CCN2C(=O)C2CC2)cc1. The van der Waals surface area contributed by atoms with Crippen molar-refractivity contribution in [2.45, 2.75) is 25.3 Å². The van der Waals surface area contributed by atoms with E-state index in [1.807, 2.05) is 17.0 Å². The maximum absolute atomic E-state index is 13.0. The third-order valence-corrected chi connectivity index (χ3v) is 5.90. The van der Waals surface area contributed by atoms with Crippen LogP contribution in [-0.4, -0.2) is 51.3 Å². The first-order valence-corrected chi connectivity index (χ1v) is 10.4. The van der Waals surface area contributed by atoms with Crippen molar-refractivity contribution in [2.24, 2.45) is 5.92 Å². The number of methoxy groups -OCH3 is 3. The highest BCUT2D eigenvalue weighted by atomic mass is 16.5. The van der Waals surface area contributed by atoms with Crippen LogP contribution in [-0.2, 0) is 16.0 Å². The molecule has 0 aromatic heterocycles. The first-order valence-electron chi connectivity index (χ1n) is 10.4. The van der Waals surface area contributed by atoms with Crippen LogP contribution in [0, 0.1) is 5.92 Å². The van der Waals surface area contributed by atoms with E-state index >= 15 is 0 Å². The largest absolute Gasteiger partial charge is 0.493 e. The molecule has 31 heavy (non-hydrogen) atoms. The molecule has 0 N–H and O–H groups in total. The van der Waals surface area contributed by atoms with Crippen molar-refractivity contribution < 1.29 is 28.5 Å². The molecule has 0 unspecified atom stereocenters. The molecule has 1 aliphatic heterocycles. The number of hydrogen-bond donors (Lipinski definition) is 0. The molecule has 1 fully saturated rings. The number of rotatable bonds is 7. The summed E-state index contributed by atoms with van der Waals surface area (Å²) in [5, 5.41) is 0. The number of benzene rings is 2. The summed E-state index contributed by atoms with van der Waals surface area (Å²) >= 11 is 0. The Hall–Kier alpha value is -3.22. The minimum atomic E-state index is -0.394. The van der Waals surface area contributed by atoms with Gasteiger partial charge < -0.3 is 23.8 Å². The lowest BCUT2D eigenvalue weighted by atomic mass is 9.91. The highest BCUT2D eigenvalue weighted by Gasteiger charge is 2.39. The Morgan fingerprint density at radius 3 is 2.29 bits per heavy atom. The van der Waals surface area contributed by atoms with E-state index in [1.54, 1.807) is 38.5 Å². The van der Waals surface area contributed by atoms with Gasteiger partial charge in [-0.3, -0.25) is 4.79 Å². The molecule has 4 rings (SSSR count). The van der Waals surface area contributed by atoms with Gasteiger partial charge in [0.2, 0.25) is 5.91 Å².